The van der Waals surface area contributed by atoms with E-state index in [-0.39, 0.29) is 12.1 Å². The third-order valence-corrected chi connectivity index (χ3v) is 3.36. The average molecular weight is 218 g/mol. The SMILES string of the molecule is CCSCC(C)C(CC)OC(=O)CC. The highest BCUT2D eigenvalue weighted by Gasteiger charge is 2.18. The van der Waals surface area contributed by atoms with E-state index in [2.05, 4.69) is 20.8 Å². The maximum atomic E-state index is 11.1. The molecular weight excluding hydrogens is 196 g/mol. The average Bonchev–Trinajstić information content (AvgIpc) is 2.21. The smallest absolute Gasteiger partial charge is 0.305 e. The number of hydrogen-bond donors (Lipinski definition) is 0. The molecule has 2 unspecified atom stereocenters. The number of ether oxygens (including phenoxy) is 1. The third kappa shape index (κ3) is 5.53. The molecule has 0 amide bonds. The van der Waals surface area contributed by atoms with Crippen LogP contribution >= 0.6 is 11.8 Å². The summed E-state index contributed by atoms with van der Waals surface area (Å²) in [5.74, 6) is 2.58. The molecule has 0 saturated carbocycles. The van der Waals surface area contributed by atoms with Gasteiger partial charge in [0.1, 0.15) is 6.10 Å². The van der Waals surface area contributed by atoms with Crippen molar-refractivity contribution in [3.8, 4) is 0 Å². The fourth-order valence-corrected chi connectivity index (χ4v) is 2.09. The lowest BCUT2D eigenvalue weighted by Crippen LogP contribution is -2.25. The van der Waals surface area contributed by atoms with Crippen molar-refractivity contribution in [2.75, 3.05) is 11.5 Å². The lowest BCUT2D eigenvalue weighted by molar-refractivity contribution is -0.150. The summed E-state index contributed by atoms with van der Waals surface area (Å²) in [7, 11) is 0. The van der Waals surface area contributed by atoms with Crippen molar-refractivity contribution in [1.29, 1.82) is 0 Å². The Morgan fingerprint density at radius 2 is 2.00 bits per heavy atom. The third-order valence-electron chi connectivity index (χ3n) is 2.19. The van der Waals surface area contributed by atoms with Crippen LogP contribution < -0.4 is 0 Å². The van der Waals surface area contributed by atoms with Crippen LogP contribution in [0.5, 0.6) is 0 Å². The second-order valence-electron chi connectivity index (χ2n) is 3.43. The fourth-order valence-electron chi connectivity index (χ4n) is 1.27. The van der Waals surface area contributed by atoms with E-state index in [0.29, 0.717) is 12.3 Å². The van der Waals surface area contributed by atoms with Crippen LogP contribution in [0.1, 0.15) is 40.5 Å². The first-order chi connectivity index (χ1) is 6.65. The molecule has 14 heavy (non-hydrogen) atoms. The van der Waals surface area contributed by atoms with E-state index in [1.165, 1.54) is 0 Å². The molecule has 0 fully saturated rings. The van der Waals surface area contributed by atoms with Crippen LogP contribution in [0.3, 0.4) is 0 Å². The van der Waals surface area contributed by atoms with E-state index >= 15 is 0 Å². The summed E-state index contributed by atoms with van der Waals surface area (Å²) in [4.78, 5) is 11.1. The molecule has 0 radical (unpaired) electrons. The maximum absolute atomic E-state index is 11.1. The Bertz CT molecular complexity index is 159. The lowest BCUT2D eigenvalue weighted by Gasteiger charge is -2.22. The molecule has 0 spiro atoms. The quantitative estimate of drug-likeness (QED) is 0.614. The van der Waals surface area contributed by atoms with Gasteiger partial charge in [-0.1, -0.05) is 27.7 Å². The first-order valence-corrected chi connectivity index (χ1v) is 6.58. The number of thioether (sulfide) groups is 1. The van der Waals surface area contributed by atoms with Gasteiger partial charge in [-0.25, -0.2) is 0 Å². The molecule has 0 aliphatic heterocycles. The van der Waals surface area contributed by atoms with Crippen LogP contribution in [-0.2, 0) is 9.53 Å². The minimum atomic E-state index is -0.0785. The van der Waals surface area contributed by atoms with Gasteiger partial charge in [0.05, 0.1) is 0 Å². The first kappa shape index (κ1) is 13.8. The summed E-state index contributed by atoms with van der Waals surface area (Å²) in [6.07, 6.45) is 1.49. The minimum Gasteiger partial charge on any atom is -0.462 e. The van der Waals surface area contributed by atoms with Gasteiger partial charge in [0.25, 0.3) is 0 Å². The van der Waals surface area contributed by atoms with Gasteiger partial charge < -0.3 is 4.74 Å². The van der Waals surface area contributed by atoms with Gasteiger partial charge in [-0.3, -0.25) is 4.79 Å². The number of esters is 1. The second kappa shape index (κ2) is 8.16. The van der Waals surface area contributed by atoms with Gasteiger partial charge in [-0.2, -0.15) is 11.8 Å². The Morgan fingerprint density at radius 1 is 1.36 bits per heavy atom. The Kier molecular flexibility index (Phi) is 8.05. The summed E-state index contributed by atoms with van der Waals surface area (Å²) in [5.41, 5.74) is 0. The summed E-state index contributed by atoms with van der Waals surface area (Å²) >= 11 is 1.90. The Hall–Kier alpha value is -0.180. The Morgan fingerprint density at radius 3 is 2.43 bits per heavy atom. The largest absolute Gasteiger partial charge is 0.462 e. The zero-order chi connectivity index (χ0) is 11.0. The monoisotopic (exact) mass is 218 g/mol. The van der Waals surface area contributed by atoms with Gasteiger partial charge in [0.2, 0.25) is 0 Å². The van der Waals surface area contributed by atoms with Gasteiger partial charge >= 0.3 is 5.97 Å². The maximum Gasteiger partial charge on any atom is 0.305 e. The van der Waals surface area contributed by atoms with E-state index in [4.69, 9.17) is 4.74 Å². The highest BCUT2D eigenvalue weighted by atomic mass is 32.2. The van der Waals surface area contributed by atoms with Crippen LogP contribution in [0.2, 0.25) is 0 Å². The molecule has 0 N–H and O–H groups in total. The van der Waals surface area contributed by atoms with Crippen LogP contribution in [0.15, 0.2) is 0 Å². The van der Waals surface area contributed by atoms with Crippen LogP contribution in [0, 0.1) is 5.92 Å². The van der Waals surface area contributed by atoms with Crippen molar-refractivity contribution in [1.82, 2.24) is 0 Å². The zero-order valence-electron chi connectivity index (χ0n) is 9.71. The zero-order valence-corrected chi connectivity index (χ0v) is 10.5. The van der Waals surface area contributed by atoms with E-state index in [9.17, 15) is 4.79 Å². The predicted molar refractivity (Wildman–Crippen MR) is 62.6 cm³/mol. The van der Waals surface area contributed by atoms with E-state index in [0.717, 1.165) is 17.9 Å². The number of carbonyl (C=O) groups excluding carboxylic acids is 1. The number of hydrogen-bond acceptors (Lipinski definition) is 3. The first-order valence-electron chi connectivity index (χ1n) is 5.42. The van der Waals surface area contributed by atoms with Gasteiger partial charge in [-0.05, 0) is 17.9 Å². The number of carbonyl (C=O) groups is 1. The normalized spacial score (nSPS) is 14.9. The molecule has 0 aromatic heterocycles. The minimum absolute atomic E-state index is 0.0785. The lowest BCUT2D eigenvalue weighted by atomic mass is 10.1. The van der Waals surface area contributed by atoms with E-state index < -0.39 is 0 Å². The second-order valence-corrected chi connectivity index (χ2v) is 4.75. The summed E-state index contributed by atoms with van der Waals surface area (Å²) in [6.45, 7) is 8.21. The van der Waals surface area contributed by atoms with Crippen molar-refractivity contribution >= 4 is 17.7 Å². The van der Waals surface area contributed by atoms with Gasteiger partial charge in [-0.15, -0.1) is 0 Å². The standard InChI is InChI=1S/C11H22O2S/c1-5-10(13-11(12)6-2)9(4)8-14-7-3/h9-10H,5-8H2,1-4H3. The molecular formula is C11H22O2S. The predicted octanol–water partition coefficient (Wildman–Crippen LogP) is 3.11. The molecule has 0 aliphatic carbocycles. The molecule has 0 bridgehead atoms. The van der Waals surface area contributed by atoms with E-state index in [1.807, 2.05) is 18.7 Å². The highest BCUT2D eigenvalue weighted by molar-refractivity contribution is 7.99. The highest BCUT2D eigenvalue weighted by Crippen LogP contribution is 2.17. The fraction of sp³-hybridized carbons (Fsp3) is 0.909. The van der Waals surface area contributed by atoms with Crippen molar-refractivity contribution in [2.24, 2.45) is 5.92 Å². The molecule has 3 heteroatoms. The van der Waals surface area contributed by atoms with Crippen LogP contribution in [0.4, 0.5) is 0 Å². The topological polar surface area (TPSA) is 26.3 Å². The molecule has 0 saturated heterocycles. The van der Waals surface area contributed by atoms with Gasteiger partial charge in [0.15, 0.2) is 0 Å². The Labute approximate surface area is 91.8 Å². The number of rotatable bonds is 7. The molecule has 0 aromatic carbocycles. The summed E-state index contributed by atoms with van der Waals surface area (Å²) in [5, 5.41) is 0. The van der Waals surface area contributed by atoms with Crippen LogP contribution in [0.25, 0.3) is 0 Å². The van der Waals surface area contributed by atoms with Crippen molar-refractivity contribution in [2.45, 2.75) is 46.6 Å². The molecule has 84 valence electrons. The molecule has 0 aliphatic rings. The molecule has 0 heterocycles. The van der Waals surface area contributed by atoms with E-state index in [1.54, 1.807) is 0 Å². The van der Waals surface area contributed by atoms with Crippen molar-refractivity contribution < 1.29 is 9.53 Å². The van der Waals surface area contributed by atoms with Crippen molar-refractivity contribution in [3.63, 3.8) is 0 Å². The molecule has 0 rings (SSSR count). The van der Waals surface area contributed by atoms with Gasteiger partial charge in [0, 0.05) is 12.3 Å². The van der Waals surface area contributed by atoms with Crippen molar-refractivity contribution in [3.05, 3.63) is 0 Å². The molecule has 0 aromatic rings. The molecule has 2 atom stereocenters. The summed E-state index contributed by atoms with van der Waals surface area (Å²) in [6, 6.07) is 0. The van der Waals surface area contributed by atoms with Crippen LogP contribution in [-0.4, -0.2) is 23.6 Å². The Balaban J connectivity index is 3.91. The molecule has 2 nitrogen and oxygen atoms in total. The summed E-state index contributed by atoms with van der Waals surface area (Å²) < 4.78 is 5.36.